The van der Waals surface area contributed by atoms with Gasteiger partial charge < -0.3 is 4.55 Å². The van der Waals surface area contributed by atoms with Gasteiger partial charge in [0.1, 0.15) is 11.9 Å². The van der Waals surface area contributed by atoms with Crippen molar-refractivity contribution in [1.82, 2.24) is 9.78 Å². The molecule has 2 atom stereocenters. The van der Waals surface area contributed by atoms with E-state index in [2.05, 4.69) is 11.0 Å². The third-order valence-electron chi connectivity index (χ3n) is 5.20. The second kappa shape index (κ2) is 9.74. The summed E-state index contributed by atoms with van der Waals surface area (Å²) in [5.41, 5.74) is 2.97. The van der Waals surface area contributed by atoms with E-state index in [4.69, 9.17) is 6.42 Å². The number of benzene rings is 3. The molecule has 0 amide bonds. The summed E-state index contributed by atoms with van der Waals surface area (Å²) in [6.45, 7) is 0. The van der Waals surface area contributed by atoms with Gasteiger partial charge in [-0.1, -0.05) is 83.7 Å². The zero-order valence-corrected chi connectivity index (χ0v) is 18.2. The van der Waals surface area contributed by atoms with Gasteiger partial charge in [0.05, 0.1) is 11.8 Å². The predicted octanol–water partition coefficient (Wildman–Crippen LogP) is 4.32. The largest absolute Gasteiger partial charge is 0.772 e. The van der Waals surface area contributed by atoms with Gasteiger partial charge in [-0.2, -0.15) is 5.10 Å². The van der Waals surface area contributed by atoms with Gasteiger partial charge in [0.15, 0.2) is 0 Å². The van der Waals surface area contributed by atoms with Crippen molar-refractivity contribution in [2.75, 3.05) is 0 Å². The van der Waals surface area contributed by atoms with E-state index in [9.17, 15) is 17.9 Å². The van der Waals surface area contributed by atoms with Crippen LogP contribution in [-0.4, -0.2) is 18.5 Å². The first-order valence-corrected chi connectivity index (χ1v) is 11.3. The average Bonchev–Trinajstić information content (AvgIpc) is 2.82. The maximum Gasteiger partial charge on any atom is 0.276 e. The Balaban J connectivity index is 1.90. The zero-order valence-electron chi connectivity index (χ0n) is 17.4. The molecule has 3 aromatic carbocycles. The Bertz CT molecular complexity index is 1390. The molecule has 0 aliphatic carbocycles. The molecule has 0 bridgehead atoms. The molecule has 164 valence electrons. The molecule has 0 radical (unpaired) electrons. The first kappa shape index (κ1) is 22.3. The van der Waals surface area contributed by atoms with E-state index in [0.717, 1.165) is 5.56 Å². The van der Waals surface area contributed by atoms with Crippen LogP contribution in [0.25, 0.3) is 22.3 Å². The van der Waals surface area contributed by atoms with Gasteiger partial charge in [-0.3, -0.25) is 9.00 Å². The fourth-order valence-corrected chi connectivity index (χ4v) is 4.09. The van der Waals surface area contributed by atoms with Gasteiger partial charge in [0, 0.05) is 11.3 Å². The Hall–Kier alpha value is -3.86. The molecule has 4 aromatic rings. The number of hydrogen-bond acceptors (Lipinski definition) is 4. The number of nitrogens with zero attached hydrogens (tertiary/aromatic N) is 2. The molecular formula is C26H18FN2O3S-. The average molecular weight is 458 g/mol. The van der Waals surface area contributed by atoms with Crippen LogP contribution < -0.4 is 5.56 Å². The van der Waals surface area contributed by atoms with Crippen LogP contribution >= 0.6 is 0 Å². The van der Waals surface area contributed by atoms with E-state index < -0.39 is 28.5 Å². The van der Waals surface area contributed by atoms with Crippen LogP contribution in [-0.2, 0) is 16.8 Å². The molecule has 2 unspecified atom stereocenters. The Morgan fingerprint density at radius 1 is 1.00 bits per heavy atom. The number of halogens is 1. The van der Waals surface area contributed by atoms with E-state index in [1.165, 1.54) is 28.9 Å². The van der Waals surface area contributed by atoms with Crippen LogP contribution in [0.5, 0.6) is 0 Å². The van der Waals surface area contributed by atoms with Gasteiger partial charge in [-0.05, 0) is 34.4 Å². The van der Waals surface area contributed by atoms with E-state index in [1.54, 1.807) is 30.5 Å². The molecule has 0 saturated carbocycles. The maximum atomic E-state index is 13.7. The highest BCUT2D eigenvalue weighted by molar-refractivity contribution is 7.78. The molecule has 0 aliphatic heterocycles. The van der Waals surface area contributed by atoms with Gasteiger partial charge in [-0.15, -0.1) is 6.42 Å². The molecule has 5 nitrogen and oxygen atoms in total. The third-order valence-corrected chi connectivity index (χ3v) is 5.77. The summed E-state index contributed by atoms with van der Waals surface area (Å²) in [6, 6.07) is 20.9. The van der Waals surface area contributed by atoms with E-state index in [-0.39, 0.29) is 5.75 Å². The molecule has 0 saturated heterocycles. The molecule has 0 aliphatic rings. The van der Waals surface area contributed by atoms with Crippen LogP contribution in [0.2, 0.25) is 0 Å². The summed E-state index contributed by atoms with van der Waals surface area (Å²) in [4.78, 5) is 13.7. The first-order valence-electron chi connectivity index (χ1n) is 10.0. The smallest absolute Gasteiger partial charge is 0.276 e. The monoisotopic (exact) mass is 457 g/mol. The maximum absolute atomic E-state index is 13.7. The van der Waals surface area contributed by atoms with Crippen LogP contribution in [0.3, 0.4) is 0 Å². The lowest BCUT2D eigenvalue weighted by molar-refractivity contribution is 0.536. The van der Waals surface area contributed by atoms with Crippen LogP contribution in [0.4, 0.5) is 4.39 Å². The minimum Gasteiger partial charge on any atom is -0.772 e. The van der Waals surface area contributed by atoms with Crippen molar-refractivity contribution in [2.24, 2.45) is 0 Å². The van der Waals surface area contributed by atoms with Crippen LogP contribution in [0.15, 0.2) is 89.9 Å². The van der Waals surface area contributed by atoms with Crippen molar-refractivity contribution in [3.05, 3.63) is 112 Å². The molecule has 0 N–H and O–H groups in total. The normalized spacial score (nSPS) is 12.6. The SMILES string of the molecule is C#CC(c1ccccc1)n1ncc(-c2ccc(CS(=O)[O-])cc2)c(-c2ccc(F)cc2)c1=O. The highest BCUT2D eigenvalue weighted by Crippen LogP contribution is 2.30. The Kier molecular flexibility index (Phi) is 6.59. The Labute approximate surface area is 192 Å². The molecular weight excluding hydrogens is 439 g/mol. The van der Waals surface area contributed by atoms with Crippen molar-refractivity contribution >= 4 is 11.1 Å². The fourth-order valence-electron chi connectivity index (χ4n) is 3.62. The number of hydrogen-bond donors (Lipinski definition) is 0. The van der Waals surface area contributed by atoms with E-state index in [0.29, 0.717) is 27.8 Å². The molecule has 1 heterocycles. The summed E-state index contributed by atoms with van der Waals surface area (Å²) >= 11 is -2.21. The summed E-state index contributed by atoms with van der Waals surface area (Å²) in [5.74, 6) is 2.10. The second-order valence-corrected chi connectivity index (χ2v) is 8.21. The lowest BCUT2D eigenvalue weighted by atomic mass is 9.96. The number of aromatic nitrogens is 2. The Morgan fingerprint density at radius 2 is 1.64 bits per heavy atom. The number of terminal acetylenes is 1. The summed E-state index contributed by atoms with van der Waals surface area (Å²) in [5, 5.41) is 4.37. The lowest BCUT2D eigenvalue weighted by Gasteiger charge is -2.17. The standard InChI is InChI=1S/C26H19FN2O3S/c1-2-24(20-6-4-3-5-7-20)29-26(30)25(21-12-14-22(27)15-13-21)23(16-28-29)19-10-8-18(9-11-19)17-33(31)32/h1,3-16,24H,17H2,(H,31,32)/p-1. The van der Waals surface area contributed by atoms with Gasteiger partial charge in [0.2, 0.25) is 0 Å². The van der Waals surface area contributed by atoms with E-state index in [1.807, 2.05) is 30.3 Å². The lowest BCUT2D eigenvalue weighted by Crippen LogP contribution is -2.29. The minimum atomic E-state index is -2.21. The Morgan fingerprint density at radius 3 is 2.24 bits per heavy atom. The highest BCUT2D eigenvalue weighted by atomic mass is 32.2. The third kappa shape index (κ3) is 4.82. The first-order chi connectivity index (χ1) is 16.0. The highest BCUT2D eigenvalue weighted by Gasteiger charge is 2.20. The van der Waals surface area contributed by atoms with Gasteiger partial charge in [0.25, 0.3) is 5.56 Å². The van der Waals surface area contributed by atoms with E-state index >= 15 is 0 Å². The van der Waals surface area contributed by atoms with Crippen LogP contribution in [0, 0.1) is 18.2 Å². The van der Waals surface area contributed by atoms with Crippen LogP contribution in [0.1, 0.15) is 17.2 Å². The van der Waals surface area contributed by atoms with Crippen molar-refractivity contribution in [3.8, 4) is 34.6 Å². The second-order valence-electron chi connectivity index (χ2n) is 7.31. The summed E-state index contributed by atoms with van der Waals surface area (Å²) in [6.07, 6.45) is 7.32. The topological polar surface area (TPSA) is 75.0 Å². The molecule has 0 fully saturated rings. The molecule has 1 aromatic heterocycles. The molecule has 4 rings (SSSR count). The molecule has 33 heavy (non-hydrogen) atoms. The zero-order chi connectivity index (χ0) is 23.4. The molecule has 0 spiro atoms. The van der Waals surface area contributed by atoms with Gasteiger partial charge >= 0.3 is 0 Å². The van der Waals surface area contributed by atoms with Gasteiger partial charge in [-0.25, -0.2) is 9.07 Å². The fraction of sp³-hybridized carbons (Fsp3) is 0.0769. The van der Waals surface area contributed by atoms with Crippen molar-refractivity contribution in [2.45, 2.75) is 11.8 Å². The number of rotatable bonds is 6. The van der Waals surface area contributed by atoms with Crippen molar-refractivity contribution in [1.29, 1.82) is 0 Å². The summed E-state index contributed by atoms with van der Waals surface area (Å²) in [7, 11) is 0. The molecule has 7 heteroatoms. The van der Waals surface area contributed by atoms with Crippen molar-refractivity contribution in [3.63, 3.8) is 0 Å². The summed E-state index contributed by atoms with van der Waals surface area (Å²) < 4.78 is 36.8. The predicted molar refractivity (Wildman–Crippen MR) is 125 cm³/mol. The quantitative estimate of drug-likeness (QED) is 0.319. The van der Waals surface area contributed by atoms with Crippen molar-refractivity contribution < 1.29 is 13.2 Å². The minimum absolute atomic E-state index is 0.105.